The summed E-state index contributed by atoms with van der Waals surface area (Å²) >= 11 is 7.84. The third kappa shape index (κ3) is 5.02. The highest BCUT2D eigenvalue weighted by atomic mass is 35.5. The number of hydrogen-bond donors (Lipinski definition) is 1. The molecule has 7 heteroatoms. The van der Waals surface area contributed by atoms with Gasteiger partial charge in [-0.3, -0.25) is 4.79 Å². The molecule has 0 aliphatic carbocycles. The highest BCUT2D eigenvalue weighted by Crippen LogP contribution is 2.34. The van der Waals surface area contributed by atoms with Crippen molar-refractivity contribution >= 4 is 40.2 Å². The van der Waals surface area contributed by atoms with Crippen LogP contribution in [0.15, 0.2) is 60.0 Å². The van der Waals surface area contributed by atoms with Crippen molar-refractivity contribution in [2.24, 2.45) is 0 Å². The molecule has 0 fully saturated rings. The van der Waals surface area contributed by atoms with E-state index in [0.29, 0.717) is 36.9 Å². The van der Waals surface area contributed by atoms with Gasteiger partial charge in [0.05, 0.1) is 17.3 Å². The summed E-state index contributed by atoms with van der Waals surface area (Å²) in [5, 5.41) is 5.47. The monoisotopic (exact) mass is 428 g/mol. The number of anilines is 2. The molecule has 1 N–H and O–H groups in total. The van der Waals surface area contributed by atoms with E-state index < -0.39 is 0 Å². The first-order valence-corrected chi connectivity index (χ1v) is 10.7. The van der Waals surface area contributed by atoms with Gasteiger partial charge < -0.3 is 19.7 Å². The summed E-state index contributed by atoms with van der Waals surface area (Å²) in [7, 11) is 0. The minimum absolute atomic E-state index is 0.0770. The zero-order chi connectivity index (χ0) is 20.1. The molecule has 1 amide bonds. The van der Waals surface area contributed by atoms with E-state index >= 15 is 0 Å². The van der Waals surface area contributed by atoms with Gasteiger partial charge in [0, 0.05) is 29.6 Å². The van der Waals surface area contributed by atoms with Crippen LogP contribution in [0.5, 0.6) is 11.5 Å². The van der Waals surface area contributed by atoms with Crippen LogP contribution in [0.3, 0.4) is 0 Å². The van der Waals surface area contributed by atoms with Crippen molar-refractivity contribution in [3.8, 4) is 11.5 Å². The number of para-hydroxylation sites is 1. The first-order valence-electron chi connectivity index (χ1n) is 9.40. The Morgan fingerprint density at radius 3 is 2.69 bits per heavy atom. The van der Waals surface area contributed by atoms with Crippen molar-refractivity contribution in [3.05, 3.63) is 69.9 Å². The molecule has 5 nitrogen and oxygen atoms in total. The third-order valence-corrected chi connectivity index (χ3v) is 5.77. The van der Waals surface area contributed by atoms with E-state index in [0.717, 1.165) is 23.7 Å². The number of benzene rings is 2. The number of fused-ring (bicyclic) bond motifs is 1. The van der Waals surface area contributed by atoms with Crippen LogP contribution in [0.25, 0.3) is 0 Å². The molecule has 0 spiro atoms. The van der Waals surface area contributed by atoms with Gasteiger partial charge in [-0.2, -0.15) is 0 Å². The number of carbonyl (C=O) groups is 1. The van der Waals surface area contributed by atoms with Crippen molar-refractivity contribution in [1.29, 1.82) is 0 Å². The summed E-state index contributed by atoms with van der Waals surface area (Å²) in [6.45, 7) is 2.39. The van der Waals surface area contributed by atoms with Crippen LogP contribution in [-0.2, 0) is 11.3 Å². The number of halogens is 1. The molecule has 0 saturated carbocycles. The van der Waals surface area contributed by atoms with Gasteiger partial charge in [-0.05, 0) is 35.7 Å². The maximum absolute atomic E-state index is 12.5. The van der Waals surface area contributed by atoms with E-state index in [1.807, 2.05) is 36.4 Å². The topological polar surface area (TPSA) is 50.8 Å². The van der Waals surface area contributed by atoms with E-state index in [9.17, 15) is 4.79 Å². The number of hydrogen-bond acceptors (Lipinski definition) is 5. The molecule has 150 valence electrons. The fraction of sp³-hybridized carbons (Fsp3) is 0.227. The summed E-state index contributed by atoms with van der Waals surface area (Å²) < 4.78 is 11.3. The number of rotatable bonds is 7. The highest BCUT2D eigenvalue weighted by molar-refractivity contribution is 7.09. The van der Waals surface area contributed by atoms with Crippen LogP contribution in [-0.4, -0.2) is 25.7 Å². The highest BCUT2D eigenvalue weighted by Gasteiger charge is 2.17. The Bertz CT molecular complexity index is 978. The summed E-state index contributed by atoms with van der Waals surface area (Å²) in [5.74, 6) is 1.42. The molecule has 0 saturated heterocycles. The Kier molecular flexibility index (Phi) is 6.22. The molecule has 1 aromatic heterocycles. The summed E-state index contributed by atoms with van der Waals surface area (Å²) in [6.07, 6.45) is 0.338. The average molecular weight is 429 g/mol. The van der Waals surface area contributed by atoms with E-state index in [2.05, 4.69) is 21.7 Å². The quantitative estimate of drug-likeness (QED) is 0.561. The van der Waals surface area contributed by atoms with Crippen LogP contribution in [0.4, 0.5) is 11.4 Å². The maximum Gasteiger partial charge on any atom is 0.226 e. The number of carbonyl (C=O) groups excluding carboxylic acids is 1. The van der Waals surface area contributed by atoms with Crippen molar-refractivity contribution in [2.75, 3.05) is 30.0 Å². The molecular formula is C22H21ClN2O3S. The predicted octanol–water partition coefficient (Wildman–Crippen LogP) is 5.21. The second-order valence-corrected chi connectivity index (χ2v) is 8.05. The molecule has 1 aliphatic heterocycles. The Balaban J connectivity index is 1.47. The molecule has 2 heterocycles. The third-order valence-electron chi connectivity index (χ3n) is 4.57. The number of amides is 1. The first kappa shape index (κ1) is 19.6. The summed E-state index contributed by atoms with van der Waals surface area (Å²) in [6, 6.07) is 17.3. The Morgan fingerprint density at radius 2 is 1.90 bits per heavy atom. The predicted molar refractivity (Wildman–Crippen MR) is 117 cm³/mol. The molecule has 1 aliphatic rings. The van der Waals surface area contributed by atoms with E-state index in [4.69, 9.17) is 21.1 Å². The fourth-order valence-corrected chi connectivity index (χ4v) is 4.03. The molecule has 0 atom stereocenters. The van der Waals surface area contributed by atoms with Gasteiger partial charge in [0.1, 0.15) is 13.2 Å². The summed E-state index contributed by atoms with van der Waals surface area (Å²) in [5.41, 5.74) is 1.62. The van der Waals surface area contributed by atoms with Gasteiger partial charge in [-0.25, -0.2) is 0 Å². The number of thiophene rings is 1. The van der Waals surface area contributed by atoms with Crippen LogP contribution in [0.2, 0.25) is 5.02 Å². The van der Waals surface area contributed by atoms with Gasteiger partial charge in [0.15, 0.2) is 11.5 Å². The minimum Gasteiger partial charge on any atom is -0.486 e. The molecule has 0 radical (unpaired) electrons. The molecule has 2 aromatic carbocycles. The van der Waals surface area contributed by atoms with Crippen LogP contribution in [0.1, 0.15) is 11.3 Å². The molecule has 3 aromatic rings. The zero-order valence-corrected chi connectivity index (χ0v) is 17.3. The smallest absolute Gasteiger partial charge is 0.226 e. The van der Waals surface area contributed by atoms with Crippen molar-refractivity contribution in [3.63, 3.8) is 0 Å². The lowest BCUT2D eigenvalue weighted by molar-refractivity contribution is -0.116. The van der Waals surface area contributed by atoms with Gasteiger partial charge >= 0.3 is 0 Å². The number of nitrogens with one attached hydrogen (secondary N) is 1. The molecule has 4 rings (SSSR count). The van der Waals surface area contributed by atoms with E-state index in [1.54, 1.807) is 23.5 Å². The van der Waals surface area contributed by atoms with Crippen molar-refractivity contribution in [1.82, 2.24) is 0 Å². The van der Waals surface area contributed by atoms with E-state index in [-0.39, 0.29) is 5.91 Å². The normalized spacial score (nSPS) is 12.4. The molecule has 0 bridgehead atoms. The van der Waals surface area contributed by atoms with Gasteiger partial charge in [-0.15, -0.1) is 11.3 Å². The second-order valence-electron chi connectivity index (χ2n) is 6.61. The lowest BCUT2D eigenvalue weighted by Gasteiger charge is -2.26. The van der Waals surface area contributed by atoms with Gasteiger partial charge in [0.2, 0.25) is 5.91 Å². The second kappa shape index (κ2) is 9.20. The number of ether oxygens (including phenoxy) is 2. The SMILES string of the molecule is O=C(CCN(Cc1cccs1)c1ccc2c(c1)OCCO2)Nc1ccccc1Cl. The minimum atomic E-state index is -0.0770. The van der Waals surface area contributed by atoms with Gasteiger partial charge in [-0.1, -0.05) is 29.8 Å². The maximum atomic E-state index is 12.5. The van der Waals surface area contributed by atoms with Crippen LogP contribution >= 0.6 is 22.9 Å². The molecule has 0 unspecified atom stereocenters. The zero-order valence-electron chi connectivity index (χ0n) is 15.8. The van der Waals surface area contributed by atoms with Crippen molar-refractivity contribution in [2.45, 2.75) is 13.0 Å². The van der Waals surface area contributed by atoms with Crippen molar-refractivity contribution < 1.29 is 14.3 Å². The molecule has 29 heavy (non-hydrogen) atoms. The Labute approximate surface area is 178 Å². The van der Waals surface area contributed by atoms with Gasteiger partial charge in [0.25, 0.3) is 0 Å². The fourth-order valence-electron chi connectivity index (χ4n) is 3.13. The standard InChI is InChI=1S/C22H21ClN2O3S/c23-18-5-1-2-6-19(18)24-22(26)9-10-25(15-17-4-3-13-29-17)16-7-8-20-21(14-16)28-12-11-27-20/h1-8,13-14H,9-12,15H2,(H,24,26). The Hall–Kier alpha value is -2.70. The molecular weight excluding hydrogens is 408 g/mol. The van der Waals surface area contributed by atoms with E-state index in [1.165, 1.54) is 4.88 Å². The average Bonchev–Trinajstić information content (AvgIpc) is 3.25. The lowest BCUT2D eigenvalue weighted by Crippen LogP contribution is -2.27. The number of nitrogens with zero attached hydrogens (tertiary/aromatic N) is 1. The van der Waals surface area contributed by atoms with Crippen LogP contribution < -0.4 is 19.7 Å². The largest absolute Gasteiger partial charge is 0.486 e. The Morgan fingerprint density at radius 1 is 1.07 bits per heavy atom. The lowest BCUT2D eigenvalue weighted by atomic mass is 10.2. The summed E-state index contributed by atoms with van der Waals surface area (Å²) in [4.78, 5) is 15.9. The first-order chi connectivity index (χ1) is 14.2. The van der Waals surface area contributed by atoms with Crippen LogP contribution in [0, 0.1) is 0 Å².